The number of nitrogens with two attached hydrogens (primary N) is 1. The number of nitrogens with one attached hydrogen (secondary N) is 2. The van der Waals surface area contributed by atoms with Gasteiger partial charge in [0, 0.05) is 6.20 Å². The molecule has 6 nitrogen and oxygen atoms in total. The molecule has 1 amide bonds. The van der Waals surface area contributed by atoms with Crippen LogP contribution >= 0.6 is 0 Å². The minimum absolute atomic E-state index is 0.245. The standard InChI is InChI=1S/C13H11N5O/c14-13-17-10-5-1-4-9(11(10)18-13)12(19)16-8-3-2-6-15-7-8/h1-7H,(H,16,19)(H3,14,17,18). The van der Waals surface area contributed by atoms with Gasteiger partial charge in [-0.05, 0) is 24.3 Å². The molecule has 0 fully saturated rings. The summed E-state index contributed by atoms with van der Waals surface area (Å²) in [4.78, 5) is 23.2. The van der Waals surface area contributed by atoms with Crippen LogP contribution in [0.4, 0.5) is 11.6 Å². The van der Waals surface area contributed by atoms with Crippen molar-refractivity contribution in [1.82, 2.24) is 15.0 Å². The maximum Gasteiger partial charge on any atom is 0.257 e. The summed E-state index contributed by atoms with van der Waals surface area (Å²) in [6.07, 6.45) is 3.22. The van der Waals surface area contributed by atoms with E-state index in [-0.39, 0.29) is 11.9 Å². The van der Waals surface area contributed by atoms with Crippen molar-refractivity contribution in [2.75, 3.05) is 11.1 Å². The first-order valence-corrected chi connectivity index (χ1v) is 5.69. The number of benzene rings is 1. The van der Waals surface area contributed by atoms with Gasteiger partial charge in [0.15, 0.2) is 5.95 Å². The average Bonchev–Trinajstić information content (AvgIpc) is 2.79. The largest absolute Gasteiger partial charge is 0.369 e. The number of H-pyrrole nitrogens is 1. The molecule has 2 heterocycles. The van der Waals surface area contributed by atoms with Crippen molar-refractivity contribution < 1.29 is 4.79 Å². The van der Waals surface area contributed by atoms with Crippen LogP contribution in [0.1, 0.15) is 10.4 Å². The highest BCUT2D eigenvalue weighted by molar-refractivity contribution is 6.11. The molecule has 0 spiro atoms. The minimum atomic E-state index is -0.245. The number of hydrogen-bond donors (Lipinski definition) is 3. The second kappa shape index (κ2) is 4.41. The zero-order valence-corrected chi connectivity index (χ0v) is 9.92. The van der Waals surface area contributed by atoms with E-state index in [2.05, 4.69) is 20.3 Å². The molecule has 1 aromatic carbocycles. The summed E-state index contributed by atoms with van der Waals surface area (Å²) < 4.78 is 0. The highest BCUT2D eigenvalue weighted by atomic mass is 16.1. The van der Waals surface area contributed by atoms with Crippen LogP contribution in [0.25, 0.3) is 11.0 Å². The van der Waals surface area contributed by atoms with Crippen molar-refractivity contribution in [3.05, 3.63) is 48.3 Å². The third-order valence-electron chi connectivity index (χ3n) is 2.70. The molecule has 0 saturated heterocycles. The third-order valence-corrected chi connectivity index (χ3v) is 2.70. The monoisotopic (exact) mass is 253 g/mol. The number of hydrogen-bond acceptors (Lipinski definition) is 4. The summed E-state index contributed by atoms with van der Waals surface area (Å²) in [6.45, 7) is 0. The van der Waals surface area contributed by atoms with Gasteiger partial charge in [0.25, 0.3) is 5.91 Å². The third kappa shape index (κ3) is 2.11. The van der Waals surface area contributed by atoms with Crippen LogP contribution in [0.2, 0.25) is 0 Å². The first-order valence-electron chi connectivity index (χ1n) is 5.69. The van der Waals surface area contributed by atoms with E-state index in [1.807, 2.05) is 6.07 Å². The zero-order valence-electron chi connectivity index (χ0n) is 9.92. The highest BCUT2D eigenvalue weighted by Gasteiger charge is 2.13. The molecular formula is C13H11N5O. The molecule has 6 heteroatoms. The van der Waals surface area contributed by atoms with Gasteiger partial charge in [-0.25, -0.2) is 4.98 Å². The van der Waals surface area contributed by atoms with E-state index in [9.17, 15) is 4.79 Å². The van der Waals surface area contributed by atoms with Gasteiger partial charge in [-0.2, -0.15) is 0 Å². The molecule has 0 unspecified atom stereocenters. The van der Waals surface area contributed by atoms with Gasteiger partial charge in [0.05, 0.1) is 23.0 Å². The lowest BCUT2D eigenvalue weighted by atomic mass is 10.1. The second-order valence-corrected chi connectivity index (χ2v) is 4.02. The van der Waals surface area contributed by atoms with E-state index in [1.165, 1.54) is 0 Å². The molecule has 0 bridgehead atoms. The summed E-state index contributed by atoms with van der Waals surface area (Å²) in [7, 11) is 0. The Labute approximate surface area is 108 Å². The van der Waals surface area contributed by atoms with Crippen molar-refractivity contribution in [3.63, 3.8) is 0 Å². The van der Waals surface area contributed by atoms with E-state index in [0.29, 0.717) is 16.8 Å². The molecule has 3 rings (SSSR count). The van der Waals surface area contributed by atoms with Crippen LogP contribution in [0, 0.1) is 0 Å². The fourth-order valence-electron chi connectivity index (χ4n) is 1.87. The molecule has 2 aromatic heterocycles. The fraction of sp³-hybridized carbons (Fsp3) is 0. The number of imidazole rings is 1. The Bertz CT molecular complexity index is 735. The van der Waals surface area contributed by atoms with Gasteiger partial charge in [0.1, 0.15) is 5.52 Å². The highest BCUT2D eigenvalue weighted by Crippen LogP contribution is 2.18. The van der Waals surface area contributed by atoms with Crippen molar-refractivity contribution in [3.8, 4) is 0 Å². The van der Waals surface area contributed by atoms with Gasteiger partial charge >= 0.3 is 0 Å². The fourth-order valence-corrected chi connectivity index (χ4v) is 1.87. The lowest BCUT2D eigenvalue weighted by Crippen LogP contribution is -2.12. The lowest BCUT2D eigenvalue weighted by Gasteiger charge is -2.04. The van der Waals surface area contributed by atoms with Gasteiger partial charge < -0.3 is 16.0 Å². The molecule has 4 N–H and O–H groups in total. The average molecular weight is 253 g/mol. The van der Waals surface area contributed by atoms with E-state index < -0.39 is 0 Å². The van der Waals surface area contributed by atoms with Crippen LogP contribution in [-0.2, 0) is 0 Å². The SMILES string of the molecule is Nc1nc2c(C(=O)Nc3cccnc3)cccc2[nH]1. The molecule has 0 saturated carbocycles. The van der Waals surface area contributed by atoms with Crippen LogP contribution in [0.3, 0.4) is 0 Å². The molecule has 0 aliphatic heterocycles. The first kappa shape index (κ1) is 11.2. The van der Waals surface area contributed by atoms with Crippen LogP contribution < -0.4 is 11.1 Å². The topological polar surface area (TPSA) is 96.7 Å². The summed E-state index contributed by atoms with van der Waals surface area (Å²) in [6, 6.07) is 8.82. The Balaban J connectivity index is 1.98. The van der Waals surface area contributed by atoms with E-state index in [4.69, 9.17) is 5.73 Å². The Kier molecular flexibility index (Phi) is 2.60. The van der Waals surface area contributed by atoms with Crippen molar-refractivity contribution in [2.24, 2.45) is 0 Å². The van der Waals surface area contributed by atoms with Gasteiger partial charge in [-0.1, -0.05) is 6.07 Å². The van der Waals surface area contributed by atoms with Crippen molar-refractivity contribution >= 4 is 28.6 Å². The number of carbonyl (C=O) groups is 1. The maximum atomic E-state index is 12.2. The number of nitrogen functional groups attached to an aromatic ring is 1. The lowest BCUT2D eigenvalue weighted by molar-refractivity contribution is 0.102. The summed E-state index contributed by atoms with van der Waals surface area (Å²) in [5, 5.41) is 2.76. The van der Waals surface area contributed by atoms with E-state index in [1.54, 1.807) is 36.7 Å². The quantitative estimate of drug-likeness (QED) is 0.648. The Morgan fingerprint density at radius 1 is 1.26 bits per heavy atom. The summed E-state index contributed by atoms with van der Waals surface area (Å²) in [5.41, 5.74) is 7.99. The van der Waals surface area contributed by atoms with Gasteiger partial charge in [-0.15, -0.1) is 0 Å². The smallest absolute Gasteiger partial charge is 0.257 e. The molecule has 0 radical (unpaired) electrons. The Hall–Kier alpha value is -2.89. The second-order valence-electron chi connectivity index (χ2n) is 4.02. The first-order chi connectivity index (χ1) is 9.24. The van der Waals surface area contributed by atoms with Crippen molar-refractivity contribution in [2.45, 2.75) is 0 Å². The van der Waals surface area contributed by atoms with E-state index in [0.717, 1.165) is 5.52 Å². The Morgan fingerprint density at radius 3 is 2.95 bits per heavy atom. The predicted molar refractivity (Wildman–Crippen MR) is 72.7 cm³/mol. The molecular weight excluding hydrogens is 242 g/mol. The van der Waals surface area contributed by atoms with Crippen molar-refractivity contribution in [1.29, 1.82) is 0 Å². The Morgan fingerprint density at radius 2 is 2.16 bits per heavy atom. The number of rotatable bonds is 2. The summed E-state index contributed by atoms with van der Waals surface area (Å²) in [5.74, 6) is 0.0433. The molecule has 3 aromatic rings. The van der Waals surface area contributed by atoms with Gasteiger partial charge in [0.2, 0.25) is 0 Å². The maximum absolute atomic E-state index is 12.2. The van der Waals surface area contributed by atoms with Crippen LogP contribution in [0.15, 0.2) is 42.7 Å². The normalized spacial score (nSPS) is 10.5. The molecule has 94 valence electrons. The van der Waals surface area contributed by atoms with Gasteiger partial charge in [-0.3, -0.25) is 9.78 Å². The zero-order chi connectivity index (χ0) is 13.2. The number of nitrogens with zero attached hydrogens (tertiary/aromatic N) is 2. The summed E-state index contributed by atoms with van der Waals surface area (Å²) >= 11 is 0. The number of pyridine rings is 1. The number of aromatic nitrogens is 3. The minimum Gasteiger partial charge on any atom is -0.369 e. The molecule has 0 atom stereocenters. The number of fused-ring (bicyclic) bond motifs is 1. The molecule has 19 heavy (non-hydrogen) atoms. The van der Waals surface area contributed by atoms with Crippen LogP contribution in [-0.4, -0.2) is 20.9 Å². The molecule has 0 aliphatic rings. The van der Waals surface area contributed by atoms with E-state index >= 15 is 0 Å². The number of para-hydroxylation sites is 1. The predicted octanol–water partition coefficient (Wildman–Crippen LogP) is 1.79. The van der Waals surface area contributed by atoms with Crippen LogP contribution in [0.5, 0.6) is 0 Å². The number of anilines is 2. The molecule has 0 aliphatic carbocycles. The number of amides is 1. The number of aromatic amines is 1. The number of carbonyl (C=O) groups excluding carboxylic acids is 1.